The summed E-state index contributed by atoms with van der Waals surface area (Å²) in [6, 6.07) is 8.56. The van der Waals surface area contributed by atoms with Crippen LogP contribution in [0.5, 0.6) is 5.75 Å². The Morgan fingerprint density at radius 2 is 2.14 bits per heavy atom. The van der Waals surface area contributed by atoms with Gasteiger partial charge in [-0.1, -0.05) is 18.2 Å². The lowest BCUT2D eigenvalue weighted by molar-refractivity contribution is 0.410. The Labute approximate surface area is 124 Å². The van der Waals surface area contributed by atoms with Crippen molar-refractivity contribution in [2.45, 2.75) is 25.3 Å². The second-order valence-electron chi connectivity index (χ2n) is 5.07. The number of para-hydroxylation sites is 1. The van der Waals surface area contributed by atoms with E-state index in [1.165, 1.54) is 12.8 Å². The van der Waals surface area contributed by atoms with Crippen LogP contribution in [0.3, 0.4) is 0 Å². The molecule has 2 N–H and O–H groups in total. The minimum absolute atomic E-state index is 0.551. The first-order chi connectivity index (χ1) is 10.3. The molecule has 21 heavy (non-hydrogen) atoms. The molecule has 0 spiro atoms. The SMILES string of the molecule is COc1ccccc1CCNc1nncc(NC2CC2)n1. The Morgan fingerprint density at radius 3 is 2.95 bits per heavy atom. The van der Waals surface area contributed by atoms with Crippen molar-refractivity contribution in [3.63, 3.8) is 0 Å². The lowest BCUT2D eigenvalue weighted by Gasteiger charge is -2.09. The van der Waals surface area contributed by atoms with Gasteiger partial charge in [-0.3, -0.25) is 0 Å². The fourth-order valence-electron chi connectivity index (χ4n) is 2.10. The third kappa shape index (κ3) is 3.81. The van der Waals surface area contributed by atoms with Crippen molar-refractivity contribution in [3.8, 4) is 5.75 Å². The Kier molecular flexibility index (Phi) is 4.14. The van der Waals surface area contributed by atoms with Gasteiger partial charge in [0.2, 0.25) is 5.95 Å². The van der Waals surface area contributed by atoms with E-state index in [0.29, 0.717) is 12.0 Å². The Hall–Kier alpha value is -2.37. The molecular weight excluding hydrogens is 266 g/mol. The number of methoxy groups -OCH3 is 1. The molecule has 1 aromatic heterocycles. The van der Waals surface area contributed by atoms with E-state index < -0.39 is 0 Å². The molecule has 0 amide bonds. The zero-order chi connectivity index (χ0) is 14.5. The molecule has 0 radical (unpaired) electrons. The van der Waals surface area contributed by atoms with Gasteiger partial charge >= 0.3 is 0 Å². The predicted octanol–water partition coefficient (Wildman–Crippen LogP) is 2.11. The summed E-state index contributed by atoms with van der Waals surface area (Å²) < 4.78 is 5.34. The molecule has 3 rings (SSSR count). The summed E-state index contributed by atoms with van der Waals surface area (Å²) in [5, 5.41) is 14.5. The summed E-state index contributed by atoms with van der Waals surface area (Å²) in [7, 11) is 1.69. The number of aromatic nitrogens is 3. The molecule has 1 saturated carbocycles. The van der Waals surface area contributed by atoms with Crippen molar-refractivity contribution in [2.24, 2.45) is 0 Å². The minimum atomic E-state index is 0.551. The number of hydrogen-bond donors (Lipinski definition) is 2. The van der Waals surface area contributed by atoms with Crippen LogP contribution in [0.15, 0.2) is 30.5 Å². The molecule has 1 fully saturated rings. The fraction of sp³-hybridized carbons (Fsp3) is 0.400. The van der Waals surface area contributed by atoms with Gasteiger partial charge in [-0.15, -0.1) is 5.10 Å². The normalized spacial score (nSPS) is 13.8. The standard InChI is InChI=1S/C15H19N5O/c1-21-13-5-3-2-4-11(13)8-9-16-15-19-14(10-17-20-15)18-12-6-7-12/h2-5,10,12H,6-9H2,1H3,(H2,16,18,19,20). The van der Waals surface area contributed by atoms with Crippen LogP contribution >= 0.6 is 0 Å². The predicted molar refractivity (Wildman–Crippen MR) is 81.7 cm³/mol. The molecule has 1 aromatic carbocycles. The molecule has 110 valence electrons. The Morgan fingerprint density at radius 1 is 1.29 bits per heavy atom. The third-order valence-corrected chi connectivity index (χ3v) is 3.36. The number of nitrogens with one attached hydrogen (secondary N) is 2. The molecule has 0 bridgehead atoms. The lowest BCUT2D eigenvalue weighted by Crippen LogP contribution is -2.11. The van der Waals surface area contributed by atoms with Gasteiger partial charge < -0.3 is 15.4 Å². The van der Waals surface area contributed by atoms with Crippen LogP contribution in [0.1, 0.15) is 18.4 Å². The Balaban J connectivity index is 1.54. The van der Waals surface area contributed by atoms with Gasteiger partial charge in [0.25, 0.3) is 0 Å². The van der Waals surface area contributed by atoms with Crippen molar-refractivity contribution < 1.29 is 4.74 Å². The molecule has 0 atom stereocenters. The van der Waals surface area contributed by atoms with Crippen LogP contribution in [0.25, 0.3) is 0 Å². The summed E-state index contributed by atoms with van der Waals surface area (Å²) in [6.07, 6.45) is 4.92. The van der Waals surface area contributed by atoms with E-state index >= 15 is 0 Å². The van der Waals surface area contributed by atoms with Crippen LogP contribution < -0.4 is 15.4 Å². The highest BCUT2D eigenvalue weighted by atomic mass is 16.5. The van der Waals surface area contributed by atoms with Gasteiger partial charge in [-0.2, -0.15) is 10.1 Å². The van der Waals surface area contributed by atoms with Crippen molar-refractivity contribution >= 4 is 11.8 Å². The zero-order valence-electron chi connectivity index (χ0n) is 12.0. The number of rotatable bonds is 7. The van der Waals surface area contributed by atoms with E-state index in [0.717, 1.165) is 30.1 Å². The van der Waals surface area contributed by atoms with Gasteiger partial charge in [0.1, 0.15) is 5.75 Å². The number of hydrogen-bond acceptors (Lipinski definition) is 6. The number of ether oxygens (including phenoxy) is 1. The number of benzene rings is 1. The van der Waals surface area contributed by atoms with E-state index in [1.54, 1.807) is 13.3 Å². The summed E-state index contributed by atoms with van der Waals surface area (Å²) in [5.41, 5.74) is 1.16. The van der Waals surface area contributed by atoms with Gasteiger partial charge in [0, 0.05) is 12.6 Å². The van der Waals surface area contributed by atoms with Gasteiger partial charge in [0.15, 0.2) is 5.82 Å². The van der Waals surface area contributed by atoms with E-state index in [-0.39, 0.29) is 0 Å². The molecule has 1 aliphatic rings. The van der Waals surface area contributed by atoms with Crippen molar-refractivity contribution in [1.82, 2.24) is 15.2 Å². The minimum Gasteiger partial charge on any atom is -0.496 e. The second-order valence-corrected chi connectivity index (χ2v) is 5.07. The smallest absolute Gasteiger partial charge is 0.244 e. The number of anilines is 2. The highest BCUT2D eigenvalue weighted by Crippen LogP contribution is 2.23. The maximum atomic E-state index is 5.34. The quantitative estimate of drug-likeness (QED) is 0.812. The molecule has 0 unspecified atom stereocenters. The highest BCUT2D eigenvalue weighted by molar-refractivity contribution is 5.39. The van der Waals surface area contributed by atoms with Crippen LogP contribution in [-0.4, -0.2) is 34.9 Å². The van der Waals surface area contributed by atoms with Gasteiger partial charge in [0.05, 0.1) is 13.3 Å². The average Bonchev–Trinajstić information content (AvgIpc) is 3.32. The van der Waals surface area contributed by atoms with Crippen LogP contribution in [0.4, 0.5) is 11.8 Å². The van der Waals surface area contributed by atoms with E-state index in [2.05, 4.69) is 31.9 Å². The fourth-order valence-corrected chi connectivity index (χ4v) is 2.10. The van der Waals surface area contributed by atoms with Gasteiger partial charge in [-0.05, 0) is 30.9 Å². The molecule has 6 heteroatoms. The average molecular weight is 285 g/mol. The Bertz CT molecular complexity index is 600. The van der Waals surface area contributed by atoms with Gasteiger partial charge in [-0.25, -0.2) is 0 Å². The van der Waals surface area contributed by atoms with Crippen LogP contribution in [-0.2, 0) is 6.42 Å². The first-order valence-electron chi connectivity index (χ1n) is 7.17. The van der Waals surface area contributed by atoms with E-state index in [1.807, 2.05) is 18.2 Å². The molecular formula is C15H19N5O. The van der Waals surface area contributed by atoms with E-state index in [9.17, 15) is 0 Å². The summed E-state index contributed by atoms with van der Waals surface area (Å²) in [5.74, 6) is 2.24. The van der Waals surface area contributed by atoms with Crippen molar-refractivity contribution in [2.75, 3.05) is 24.3 Å². The lowest BCUT2D eigenvalue weighted by atomic mass is 10.1. The topological polar surface area (TPSA) is 72.0 Å². The molecule has 6 nitrogen and oxygen atoms in total. The van der Waals surface area contributed by atoms with Crippen molar-refractivity contribution in [1.29, 1.82) is 0 Å². The highest BCUT2D eigenvalue weighted by Gasteiger charge is 2.21. The van der Waals surface area contributed by atoms with Crippen LogP contribution in [0.2, 0.25) is 0 Å². The maximum Gasteiger partial charge on any atom is 0.244 e. The first-order valence-corrected chi connectivity index (χ1v) is 7.17. The third-order valence-electron chi connectivity index (χ3n) is 3.36. The zero-order valence-corrected chi connectivity index (χ0v) is 12.0. The van der Waals surface area contributed by atoms with Crippen LogP contribution in [0, 0.1) is 0 Å². The first kappa shape index (κ1) is 13.6. The van der Waals surface area contributed by atoms with E-state index in [4.69, 9.17) is 4.74 Å². The summed E-state index contributed by atoms with van der Waals surface area (Å²) in [4.78, 5) is 4.40. The number of nitrogens with zero attached hydrogens (tertiary/aromatic N) is 3. The molecule has 0 saturated heterocycles. The summed E-state index contributed by atoms with van der Waals surface area (Å²) >= 11 is 0. The second kappa shape index (κ2) is 6.39. The molecule has 0 aliphatic heterocycles. The molecule has 2 aromatic rings. The maximum absolute atomic E-state index is 5.34. The monoisotopic (exact) mass is 285 g/mol. The summed E-state index contributed by atoms with van der Waals surface area (Å²) in [6.45, 7) is 0.731. The molecule has 1 aliphatic carbocycles. The molecule has 1 heterocycles. The van der Waals surface area contributed by atoms with Crippen molar-refractivity contribution in [3.05, 3.63) is 36.0 Å². The largest absolute Gasteiger partial charge is 0.496 e.